The summed E-state index contributed by atoms with van der Waals surface area (Å²) in [5.74, 6) is 0.197. The summed E-state index contributed by atoms with van der Waals surface area (Å²) >= 11 is 0. The molecule has 56 heavy (non-hydrogen) atoms. The first-order valence-corrected chi connectivity index (χ1v) is 20.0. The molecule has 3 aromatic rings. The Morgan fingerprint density at radius 1 is 0.732 bits per heavy atom. The number of nitrogens with zero attached hydrogens (tertiary/aromatic N) is 6. The molecule has 1 atom stereocenters. The fraction of sp³-hybridized carbons (Fsp3) is 0.488. The van der Waals surface area contributed by atoms with Crippen LogP contribution in [0, 0.1) is 17.2 Å². The summed E-state index contributed by atoms with van der Waals surface area (Å²) < 4.78 is 40.6. The van der Waals surface area contributed by atoms with Gasteiger partial charge in [0.1, 0.15) is 6.04 Å². The van der Waals surface area contributed by atoms with Crippen molar-refractivity contribution in [2.75, 3.05) is 73.6 Å². The van der Waals surface area contributed by atoms with Crippen LogP contribution in [0.5, 0.6) is 0 Å². The molecule has 4 saturated heterocycles. The van der Waals surface area contributed by atoms with E-state index >= 15 is 0 Å². The standard InChI is InChI=1S/C43H48F3N7O3/c44-43(45,46)38-25-36(7-4-32(38)26-47)52-20-14-31(15-21-52)30-2-5-34(6-3-30)51-18-12-29(13-19-51)27-49-16-1-17-50(23-22-49)35-8-9-37-33(24-35)28-53(42(37)56)39-10-11-40(54)48-41(39)55/h2-9,24-25,29,31,39H,1,10-23,27-28H2,(H,48,54,55). The van der Waals surface area contributed by atoms with Gasteiger partial charge in [0.15, 0.2) is 0 Å². The molecule has 3 amide bonds. The highest BCUT2D eigenvalue weighted by atomic mass is 19.4. The molecule has 8 rings (SSSR count). The molecule has 5 heterocycles. The molecule has 0 aliphatic carbocycles. The molecule has 1 unspecified atom stereocenters. The minimum Gasteiger partial charge on any atom is -0.372 e. The molecular formula is C43H48F3N7O3. The van der Waals surface area contributed by atoms with Gasteiger partial charge in [0.25, 0.3) is 5.91 Å². The number of hydrogen-bond acceptors (Lipinski definition) is 8. The van der Waals surface area contributed by atoms with Crippen LogP contribution in [0.1, 0.15) is 83.5 Å². The smallest absolute Gasteiger partial charge is 0.372 e. The van der Waals surface area contributed by atoms with Gasteiger partial charge in [0.2, 0.25) is 11.8 Å². The van der Waals surface area contributed by atoms with E-state index in [0.29, 0.717) is 49.1 Å². The highest BCUT2D eigenvalue weighted by Crippen LogP contribution is 2.37. The maximum absolute atomic E-state index is 13.5. The monoisotopic (exact) mass is 767 g/mol. The number of fused-ring (bicyclic) bond motifs is 1. The van der Waals surface area contributed by atoms with Crippen LogP contribution >= 0.6 is 0 Å². The number of hydrogen-bond donors (Lipinski definition) is 1. The van der Waals surface area contributed by atoms with Crippen LogP contribution in [-0.4, -0.2) is 92.5 Å². The van der Waals surface area contributed by atoms with Crippen LogP contribution < -0.4 is 20.0 Å². The number of amides is 3. The molecule has 1 N–H and O–H groups in total. The number of anilines is 3. The van der Waals surface area contributed by atoms with Gasteiger partial charge in [-0.1, -0.05) is 12.1 Å². The summed E-state index contributed by atoms with van der Waals surface area (Å²) in [6.07, 6.45) is 1.13. The molecule has 0 saturated carbocycles. The molecule has 0 aromatic heterocycles. The highest BCUT2D eigenvalue weighted by molar-refractivity contribution is 6.05. The van der Waals surface area contributed by atoms with Gasteiger partial charge in [-0.2, -0.15) is 18.4 Å². The lowest BCUT2D eigenvalue weighted by Crippen LogP contribution is -2.52. The Hall–Kier alpha value is -5.09. The van der Waals surface area contributed by atoms with E-state index in [1.807, 2.05) is 17.0 Å². The minimum absolute atomic E-state index is 0.141. The maximum atomic E-state index is 13.5. The topological polar surface area (TPSA) is 103 Å². The molecule has 5 aliphatic heterocycles. The van der Waals surface area contributed by atoms with Crippen molar-refractivity contribution in [3.63, 3.8) is 0 Å². The van der Waals surface area contributed by atoms with E-state index < -0.39 is 17.8 Å². The van der Waals surface area contributed by atoms with Crippen LogP contribution in [0.4, 0.5) is 30.2 Å². The first-order valence-electron chi connectivity index (χ1n) is 20.0. The van der Waals surface area contributed by atoms with Crippen LogP contribution in [-0.2, 0) is 22.3 Å². The Morgan fingerprint density at radius 2 is 1.39 bits per heavy atom. The second-order valence-corrected chi connectivity index (χ2v) is 16.0. The van der Waals surface area contributed by atoms with Gasteiger partial charge < -0.3 is 24.5 Å². The van der Waals surface area contributed by atoms with Gasteiger partial charge >= 0.3 is 6.18 Å². The van der Waals surface area contributed by atoms with Crippen molar-refractivity contribution in [3.8, 4) is 6.07 Å². The van der Waals surface area contributed by atoms with E-state index in [1.54, 1.807) is 17.0 Å². The number of imide groups is 1. The quantitative estimate of drug-likeness (QED) is 0.286. The third kappa shape index (κ3) is 7.94. The van der Waals surface area contributed by atoms with Crippen molar-refractivity contribution in [3.05, 3.63) is 88.5 Å². The van der Waals surface area contributed by atoms with Gasteiger partial charge in [-0.15, -0.1) is 0 Å². The average molecular weight is 768 g/mol. The largest absolute Gasteiger partial charge is 0.417 e. The summed E-state index contributed by atoms with van der Waals surface area (Å²) in [5, 5.41) is 11.5. The fourth-order valence-electron chi connectivity index (χ4n) is 9.40. The summed E-state index contributed by atoms with van der Waals surface area (Å²) in [5.41, 5.74) is 4.51. The molecule has 13 heteroatoms. The van der Waals surface area contributed by atoms with E-state index in [9.17, 15) is 27.6 Å². The molecule has 3 aromatic carbocycles. The first-order chi connectivity index (χ1) is 27.0. The Morgan fingerprint density at radius 3 is 2.11 bits per heavy atom. The number of piperidine rings is 3. The van der Waals surface area contributed by atoms with Gasteiger partial charge in [-0.3, -0.25) is 19.7 Å². The van der Waals surface area contributed by atoms with Crippen molar-refractivity contribution in [1.29, 1.82) is 5.26 Å². The molecule has 5 aliphatic rings. The predicted molar refractivity (Wildman–Crippen MR) is 207 cm³/mol. The third-order valence-electron chi connectivity index (χ3n) is 12.6. The van der Waals surface area contributed by atoms with Gasteiger partial charge in [-0.25, -0.2) is 0 Å². The van der Waals surface area contributed by atoms with E-state index in [1.165, 1.54) is 17.3 Å². The SMILES string of the molecule is N#Cc1ccc(N2CCC(c3ccc(N4CCC(CN5CCCN(c6ccc7c(c6)CN(C6CCC(=O)NC6=O)C7=O)CC5)CC4)cc3)CC2)cc1C(F)(F)F. The zero-order valence-electron chi connectivity index (χ0n) is 31.6. The Balaban J connectivity index is 0.787. The maximum Gasteiger partial charge on any atom is 0.417 e. The zero-order chi connectivity index (χ0) is 39.0. The normalized spacial score (nSPS) is 21.9. The first kappa shape index (κ1) is 37.8. The van der Waals surface area contributed by atoms with Crippen LogP contribution in [0.3, 0.4) is 0 Å². The van der Waals surface area contributed by atoms with Gasteiger partial charge in [-0.05, 0) is 117 Å². The summed E-state index contributed by atoms with van der Waals surface area (Å²) in [4.78, 5) is 48.4. The van der Waals surface area contributed by atoms with Crippen LogP contribution in [0.15, 0.2) is 60.7 Å². The molecule has 0 spiro atoms. The fourth-order valence-corrected chi connectivity index (χ4v) is 9.40. The van der Waals surface area contributed by atoms with E-state index in [-0.39, 0.29) is 29.7 Å². The van der Waals surface area contributed by atoms with Gasteiger partial charge in [0, 0.05) is 87.9 Å². The average Bonchev–Trinajstić information content (AvgIpc) is 3.35. The summed E-state index contributed by atoms with van der Waals surface area (Å²) in [6.45, 7) is 8.79. The number of benzene rings is 3. The molecule has 294 valence electrons. The lowest BCUT2D eigenvalue weighted by molar-refractivity contribution is -0.138. The number of carbonyl (C=O) groups excluding carboxylic acids is 3. The number of alkyl halides is 3. The highest BCUT2D eigenvalue weighted by Gasteiger charge is 2.39. The van der Waals surface area contributed by atoms with E-state index in [2.05, 4.69) is 50.3 Å². The summed E-state index contributed by atoms with van der Waals surface area (Å²) in [6, 6.07) is 20.0. The molecule has 10 nitrogen and oxygen atoms in total. The van der Waals surface area contributed by atoms with Crippen molar-refractivity contribution < 1.29 is 27.6 Å². The van der Waals surface area contributed by atoms with Crippen LogP contribution in [0.25, 0.3) is 0 Å². The molecule has 0 radical (unpaired) electrons. The minimum atomic E-state index is -4.56. The summed E-state index contributed by atoms with van der Waals surface area (Å²) in [7, 11) is 0. The van der Waals surface area contributed by atoms with Crippen molar-refractivity contribution in [2.24, 2.45) is 5.92 Å². The van der Waals surface area contributed by atoms with E-state index in [0.717, 1.165) is 95.2 Å². The second-order valence-electron chi connectivity index (χ2n) is 16.0. The zero-order valence-corrected chi connectivity index (χ0v) is 31.6. The lowest BCUT2D eigenvalue weighted by Gasteiger charge is -2.36. The van der Waals surface area contributed by atoms with Crippen molar-refractivity contribution >= 4 is 34.8 Å². The number of rotatable bonds is 7. The Labute approximate surface area is 325 Å². The Bertz CT molecular complexity index is 2000. The van der Waals surface area contributed by atoms with E-state index in [4.69, 9.17) is 5.26 Å². The molecule has 4 fully saturated rings. The van der Waals surface area contributed by atoms with Gasteiger partial charge in [0.05, 0.1) is 17.2 Å². The predicted octanol–water partition coefficient (Wildman–Crippen LogP) is 6.15. The number of nitriles is 1. The number of nitrogens with one attached hydrogen (secondary N) is 1. The van der Waals surface area contributed by atoms with Crippen LogP contribution in [0.2, 0.25) is 0 Å². The Kier molecular flexibility index (Phi) is 10.7. The second kappa shape index (κ2) is 15.8. The third-order valence-corrected chi connectivity index (χ3v) is 12.6. The van der Waals surface area contributed by atoms with Crippen molar-refractivity contribution in [2.45, 2.75) is 69.6 Å². The number of carbonyl (C=O) groups is 3. The molecular weight excluding hydrogens is 720 g/mol. The number of halogens is 3. The lowest BCUT2D eigenvalue weighted by atomic mass is 9.88. The van der Waals surface area contributed by atoms with Crippen molar-refractivity contribution in [1.82, 2.24) is 15.1 Å². The molecule has 0 bridgehead atoms.